The van der Waals surface area contributed by atoms with Gasteiger partial charge in [0.25, 0.3) is 0 Å². The molecule has 1 aliphatic heterocycles. The van der Waals surface area contributed by atoms with Crippen molar-refractivity contribution in [2.45, 2.75) is 51.1 Å². The quantitative estimate of drug-likeness (QED) is 0.686. The van der Waals surface area contributed by atoms with E-state index in [1.165, 1.54) is 25.7 Å². The molecule has 0 bridgehead atoms. The molecule has 2 atom stereocenters. The number of nitrogens with zero attached hydrogens (tertiary/aromatic N) is 1. The predicted molar refractivity (Wildman–Crippen MR) is 113 cm³/mol. The molecule has 2 unspecified atom stereocenters. The number of piperidine rings is 1. The van der Waals surface area contributed by atoms with Crippen molar-refractivity contribution < 1.29 is 4.79 Å². The number of benzene rings is 1. The lowest BCUT2D eigenvalue weighted by Crippen LogP contribution is -2.51. The molecule has 1 saturated heterocycles. The third-order valence-electron chi connectivity index (χ3n) is 4.82. The van der Waals surface area contributed by atoms with Crippen LogP contribution in [-0.2, 0) is 10.3 Å². The minimum atomic E-state index is -1.01. The molecule has 3 N–H and O–H groups in total. The Kier molecular flexibility index (Phi) is 11.2. The molecule has 1 amide bonds. The molecule has 1 heterocycles. The van der Waals surface area contributed by atoms with Gasteiger partial charge in [-0.1, -0.05) is 41.4 Å². The SMILES string of the molecule is CCC1CCCCN1CCNC(=O)C(C)(N)c1ccc(Br)cc1.Cl.Cl. The number of likely N-dealkylation sites (tertiary alicyclic amines) is 1. The van der Waals surface area contributed by atoms with E-state index in [1.54, 1.807) is 6.92 Å². The summed E-state index contributed by atoms with van der Waals surface area (Å²) >= 11 is 3.40. The van der Waals surface area contributed by atoms with E-state index in [2.05, 4.69) is 33.1 Å². The van der Waals surface area contributed by atoms with Crippen molar-refractivity contribution in [3.63, 3.8) is 0 Å². The first-order valence-corrected chi connectivity index (χ1v) is 9.31. The first-order chi connectivity index (χ1) is 10.9. The second-order valence-corrected chi connectivity index (χ2v) is 7.47. The number of nitrogens with one attached hydrogen (secondary N) is 1. The van der Waals surface area contributed by atoms with E-state index in [-0.39, 0.29) is 30.7 Å². The van der Waals surface area contributed by atoms with Crippen LogP contribution in [0.15, 0.2) is 28.7 Å². The molecule has 0 radical (unpaired) electrons. The molecule has 25 heavy (non-hydrogen) atoms. The average Bonchev–Trinajstić information content (AvgIpc) is 2.55. The maximum atomic E-state index is 12.5. The summed E-state index contributed by atoms with van der Waals surface area (Å²) in [6.45, 7) is 6.70. The van der Waals surface area contributed by atoms with Gasteiger partial charge in [-0.3, -0.25) is 9.69 Å². The van der Waals surface area contributed by atoms with Crippen molar-refractivity contribution >= 4 is 46.7 Å². The van der Waals surface area contributed by atoms with Crippen LogP contribution in [0.25, 0.3) is 0 Å². The van der Waals surface area contributed by atoms with Crippen molar-refractivity contribution in [2.24, 2.45) is 5.73 Å². The van der Waals surface area contributed by atoms with Crippen molar-refractivity contribution in [2.75, 3.05) is 19.6 Å². The van der Waals surface area contributed by atoms with Crippen LogP contribution in [0.2, 0.25) is 0 Å². The van der Waals surface area contributed by atoms with Crippen molar-refractivity contribution in [1.82, 2.24) is 10.2 Å². The summed E-state index contributed by atoms with van der Waals surface area (Å²) < 4.78 is 0.980. The van der Waals surface area contributed by atoms with E-state index >= 15 is 0 Å². The highest BCUT2D eigenvalue weighted by molar-refractivity contribution is 9.10. The maximum Gasteiger partial charge on any atom is 0.244 e. The van der Waals surface area contributed by atoms with E-state index < -0.39 is 5.54 Å². The Labute approximate surface area is 172 Å². The van der Waals surface area contributed by atoms with Gasteiger partial charge in [0.15, 0.2) is 0 Å². The van der Waals surface area contributed by atoms with Gasteiger partial charge in [0, 0.05) is 23.6 Å². The number of amides is 1. The van der Waals surface area contributed by atoms with Crippen LogP contribution in [0.1, 0.15) is 45.1 Å². The topological polar surface area (TPSA) is 58.4 Å². The highest BCUT2D eigenvalue weighted by atomic mass is 79.9. The molecule has 144 valence electrons. The van der Waals surface area contributed by atoms with E-state index in [0.29, 0.717) is 12.6 Å². The molecule has 1 aliphatic rings. The summed E-state index contributed by atoms with van der Waals surface area (Å²) in [5.74, 6) is -0.120. The van der Waals surface area contributed by atoms with Gasteiger partial charge in [0.1, 0.15) is 5.54 Å². The minimum absolute atomic E-state index is 0. The van der Waals surface area contributed by atoms with E-state index in [1.807, 2.05) is 24.3 Å². The fraction of sp³-hybridized carbons (Fsp3) is 0.611. The summed E-state index contributed by atoms with van der Waals surface area (Å²) in [6, 6.07) is 8.26. The Bertz CT molecular complexity index is 526. The van der Waals surface area contributed by atoms with Crippen LogP contribution < -0.4 is 11.1 Å². The van der Waals surface area contributed by atoms with E-state index in [4.69, 9.17) is 5.73 Å². The molecular formula is C18H30BrCl2N3O. The number of hydrogen-bond donors (Lipinski definition) is 2. The minimum Gasteiger partial charge on any atom is -0.353 e. The van der Waals surface area contributed by atoms with Crippen LogP contribution >= 0.6 is 40.7 Å². The van der Waals surface area contributed by atoms with Crippen LogP contribution in [0.3, 0.4) is 0 Å². The fourth-order valence-electron chi connectivity index (χ4n) is 3.24. The first-order valence-electron chi connectivity index (χ1n) is 8.52. The zero-order chi connectivity index (χ0) is 16.9. The Morgan fingerprint density at radius 1 is 1.32 bits per heavy atom. The number of hydrogen-bond acceptors (Lipinski definition) is 3. The molecule has 1 fully saturated rings. The summed E-state index contributed by atoms with van der Waals surface area (Å²) in [4.78, 5) is 15.0. The molecule has 1 aromatic rings. The van der Waals surface area contributed by atoms with Gasteiger partial charge in [-0.2, -0.15) is 0 Å². The molecule has 4 nitrogen and oxygen atoms in total. The van der Waals surface area contributed by atoms with Gasteiger partial charge in [-0.05, 0) is 50.4 Å². The van der Waals surface area contributed by atoms with Gasteiger partial charge >= 0.3 is 0 Å². The van der Waals surface area contributed by atoms with E-state index in [9.17, 15) is 4.79 Å². The highest BCUT2D eigenvalue weighted by Gasteiger charge is 2.30. The molecule has 0 saturated carbocycles. The zero-order valence-electron chi connectivity index (χ0n) is 15.0. The second kappa shape index (κ2) is 11.4. The van der Waals surface area contributed by atoms with Crippen molar-refractivity contribution in [3.05, 3.63) is 34.3 Å². The van der Waals surface area contributed by atoms with E-state index in [0.717, 1.165) is 23.1 Å². The number of rotatable bonds is 6. The summed E-state index contributed by atoms with van der Waals surface area (Å²) in [6.07, 6.45) is 5.04. The molecule has 0 spiro atoms. The Morgan fingerprint density at radius 3 is 2.56 bits per heavy atom. The number of halogens is 3. The predicted octanol–water partition coefficient (Wildman–Crippen LogP) is 3.85. The van der Waals surface area contributed by atoms with Crippen LogP contribution in [-0.4, -0.2) is 36.5 Å². The number of nitrogens with two attached hydrogens (primary N) is 1. The number of carbonyl (C=O) groups is 1. The molecular weight excluding hydrogens is 425 g/mol. The summed E-state index contributed by atoms with van der Waals surface area (Å²) in [5.41, 5.74) is 6.08. The second-order valence-electron chi connectivity index (χ2n) is 6.56. The normalized spacial score (nSPS) is 19.9. The molecule has 0 aromatic heterocycles. The fourth-order valence-corrected chi connectivity index (χ4v) is 3.50. The Morgan fingerprint density at radius 2 is 1.96 bits per heavy atom. The molecule has 1 aromatic carbocycles. The first kappa shape index (κ1) is 24.7. The van der Waals surface area contributed by atoms with Gasteiger partial charge in [-0.15, -0.1) is 24.8 Å². The number of carbonyl (C=O) groups excluding carboxylic acids is 1. The van der Waals surface area contributed by atoms with Gasteiger partial charge < -0.3 is 11.1 Å². The third-order valence-corrected chi connectivity index (χ3v) is 5.35. The Hall–Kier alpha value is -0.330. The zero-order valence-corrected chi connectivity index (χ0v) is 18.2. The third kappa shape index (κ3) is 6.72. The van der Waals surface area contributed by atoms with Crippen LogP contribution in [0.5, 0.6) is 0 Å². The monoisotopic (exact) mass is 453 g/mol. The largest absolute Gasteiger partial charge is 0.353 e. The standard InChI is InChI=1S/C18H28BrN3O.2ClH/c1-3-16-6-4-5-12-22(16)13-11-21-17(23)18(2,20)14-7-9-15(19)10-8-14;;/h7-10,16H,3-6,11-13,20H2,1-2H3,(H,21,23);2*1H. The Balaban J connectivity index is 0.00000288. The molecule has 2 rings (SSSR count). The van der Waals surface area contributed by atoms with Crippen LogP contribution in [0, 0.1) is 0 Å². The lowest BCUT2D eigenvalue weighted by molar-refractivity contribution is -0.126. The highest BCUT2D eigenvalue weighted by Crippen LogP contribution is 2.21. The maximum absolute atomic E-state index is 12.5. The molecule has 7 heteroatoms. The van der Waals surface area contributed by atoms with Gasteiger partial charge in [0.05, 0.1) is 0 Å². The van der Waals surface area contributed by atoms with Crippen molar-refractivity contribution in [3.8, 4) is 0 Å². The summed E-state index contributed by atoms with van der Waals surface area (Å²) in [7, 11) is 0. The van der Waals surface area contributed by atoms with Gasteiger partial charge in [0.2, 0.25) is 5.91 Å². The lowest BCUT2D eigenvalue weighted by atomic mass is 9.92. The van der Waals surface area contributed by atoms with Crippen molar-refractivity contribution in [1.29, 1.82) is 0 Å². The van der Waals surface area contributed by atoms with Crippen LogP contribution in [0.4, 0.5) is 0 Å². The van der Waals surface area contributed by atoms with Gasteiger partial charge in [-0.25, -0.2) is 0 Å². The average molecular weight is 455 g/mol. The smallest absolute Gasteiger partial charge is 0.244 e. The molecule has 0 aliphatic carbocycles. The lowest BCUT2D eigenvalue weighted by Gasteiger charge is -2.35. The summed E-state index contributed by atoms with van der Waals surface area (Å²) in [5, 5.41) is 3.01.